The van der Waals surface area contributed by atoms with E-state index in [1.165, 1.54) is 0 Å². The van der Waals surface area contributed by atoms with Gasteiger partial charge in [-0.25, -0.2) is 0 Å². The molecule has 5 nitrogen and oxygen atoms in total. The van der Waals surface area contributed by atoms with Crippen molar-refractivity contribution < 1.29 is 4.79 Å². The molecule has 0 bridgehead atoms. The molecular formula is C12H22N4OS. The second-order valence-electron chi connectivity index (χ2n) is 4.36. The van der Waals surface area contributed by atoms with E-state index >= 15 is 0 Å². The van der Waals surface area contributed by atoms with Crippen molar-refractivity contribution in [3.05, 3.63) is 11.4 Å². The summed E-state index contributed by atoms with van der Waals surface area (Å²) < 4.78 is 0. The molecule has 0 fully saturated rings. The van der Waals surface area contributed by atoms with Crippen molar-refractivity contribution in [1.82, 2.24) is 15.1 Å². The minimum Gasteiger partial charge on any atom is -0.395 e. The lowest BCUT2D eigenvalue weighted by Gasteiger charge is -2.24. The number of H-pyrrole nitrogens is 1. The number of nitrogens with zero attached hydrogens (tertiary/aromatic N) is 2. The maximum Gasteiger partial charge on any atom is 0.276 e. The number of carbonyl (C=O) groups excluding carboxylic acids is 1. The van der Waals surface area contributed by atoms with Crippen molar-refractivity contribution in [3.63, 3.8) is 0 Å². The minimum atomic E-state index is -0.114. The first-order valence-corrected chi connectivity index (χ1v) is 7.51. The number of aryl methyl sites for hydroxylation is 1. The van der Waals surface area contributed by atoms with Crippen LogP contribution in [0, 0.1) is 0 Å². The highest BCUT2D eigenvalue weighted by atomic mass is 32.2. The van der Waals surface area contributed by atoms with Gasteiger partial charge in [0.05, 0.1) is 11.4 Å². The van der Waals surface area contributed by atoms with Gasteiger partial charge in [0.2, 0.25) is 0 Å². The summed E-state index contributed by atoms with van der Waals surface area (Å²) in [4.78, 5) is 14.0. The van der Waals surface area contributed by atoms with Crippen LogP contribution < -0.4 is 5.73 Å². The van der Waals surface area contributed by atoms with Crippen LogP contribution in [0.15, 0.2) is 0 Å². The van der Waals surface area contributed by atoms with Gasteiger partial charge >= 0.3 is 0 Å². The quantitative estimate of drug-likeness (QED) is 0.826. The number of nitrogens with two attached hydrogens (primary N) is 1. The zero-order valence-electron chi connectivity index (χ0n) is 11.5. The van der Waals surface area contributed by atoms with Gasteiger partial charge in [-0.05, 0) is 31.8 Å². The molecule has 0 aliphatic heterocycles. The normalized spacial score (nSPS) is 12.4. The van der Waals surface area contributed by atoms with E-state index in [1.807, 2.05) is 13.8 Å². The number of aromatic nitrogens is 2. The fraction of sp³-hybridized carbons (Fsp3) is 0.667. The molecule has 0 spiro atoms. The van der Waals surface area contributed by atoms with Crippen LogP contribution in [0.4, 0.5) is 5.69 Å². The minimum absolute atomic E-state index is 0.114. The largest absolute Gasteiger partial charge is 0.395 e. The first-order chi connectivity index (χ1) is 8.52. The summed E-state index contributed by atoms with van der Waals surface area (Å²) in [6.45, 7) is 4.01. The number of nitrogens with one attached hydrogen (secondary N) is 1. The number of carbonyl (C=O) groups is 1. The molecule has 0 saturated carbocycles. The van der Waals surface area contributed by atoms with Crippen molar-refractivity contribution >= 4 is 23.4 Å². The highest BCUT2D eigenvalue weighted by Gasteiger charge is 2.23. The van der Waals surface area contributed by atoms with E-state index in [0.29, 0.717) is 11.4 Å². The fourth-order valence-electron chi connectivity index (χ4n) is 1.67. The van der Waals surface area contributed by atoms with Crippen LogP contribution in [0.25, 0.3) is 0 Å². The maximum atomic E-state index is 12.3. The van der Waals surface area contributed by atoms with Gasteiger partial charge in [-0.1, -0.05) is 6.92 Å². The number of amides is 1. The summed E-state index contributed by atoms with van der Waals surface area (Å²) in [6.07, 6.45) is 3.78. The standard InChI is InChI=1S/C12H22N4OS/c1-5-9-10(13)11(15-14-9)12(17)16(3)8(2)6-7-18-4/h8H,5-7,13H2,1-4H3,(H,14,15). The second kappa shape index (κ2) is 6.68. The lowest BCUT2D eigenvalue weighted by molar-refractivity contribution is 0.0736. The van der Waals surface area contributed by atoms with Gasteiger partial charge in [0, 0.05) is 13.1 Å². The zero-order chi connectivity index (χ0) is 13.7. The van der Waals surface area contributed by atoms with Crippen molar-refractivity contribution in [3.8, 4) is 0 Å². The van der Waals surface area contributed by atoms with Crippen LogP contribution in [-0.2, 0) is 6.42 Å². The van der Waals surface area contributed by atoms with Crippen LogP contribution in [0.3, 0.4) is 0 Å². The average molecular weight is 270 g/mol. The number of rotatable bonds is 6. The summed E-state index contributed by atoms with van der Waals surface area (Å²) in [6, 6.07) is 0.186. The molecule has 1 rings (SSSR count). The summed E-state index contributed by atoms with van der Waals surface area (Å²) in [5.74, 6) is 0.923. The van der Waals surface area contributed by atoms with Gasteiger partial charge in [-0.2, -0.15) is 16.9 Å². The van der Waals surface area contributed by atoms with Gasteiger partial charge in [0.25, 0.3) is 5.91 Å². The third-order valence-corrected chi connectivity index (χ3v) is 3.80. The Kier molecular flexibility index (Phi) is 5.53. The third kappa shape index (κ3) is 3.19. The monoisotopic (exact) mass is 270 g/mol. The van der Waals surface area contributed by atoms with Crippen LogP contribution in [0.5, 0.6) is 0 Å². The van der Waals surface area contributed by atoms with Crippen molar-refractivity contribution in [2.24, 2.45) is 0 Å². The van der Waals surface area contributed by atoms with Crippen LogP contribution in [-0.4, -0.2) is 46.1 Å². The zero-order valence-corrected chi connectivity index (χ0v) is 12.3. The van der Waals surface area contributed by atoms with Gasteiger partial charge < -0.3 is 10.6 Å². The van der Waals surface area contributed by atoms with E-state index in [9.17, 15) is 4.79 Å². The second-order valence-corrected chi connectivity index (χ2v) is 5.35. The van der Waals surface area contributed by atoms with Crippen LogP contribution in [0.1, 0.15) is 36.5 Å². The smallest absolute Gasteiger partial charge is 0.276 e. The molecule has 0 saturated heterocycles. The Labute approximate surface area is 112 Å². The van der Waals surface area contributed by atoms with Crippen LogP contribution >= 0.6 is 11.8 Å². The lowest BCUT2D eigenvalue weighted by Crippen LogP contribution is -2.36. The van der Waals surface area contributed by atoms with E-state index in [4.69, 9.17) is 5.73 Å². The average Bonchev–Trinajstić information content (AvgIpc) is 2.75. The summed E-state index contributed by atoms with van der Waals surface area (Å²) >= 11 is 1.78. The fourth-order valence-corrected chi connectivity index (χ4v) is 2.25. The Bertz CT molecular complexity index is 405. The molecule has 1 aromatic rings. The first-order valence-electron chi connectivity index (χ1n) is 6.11. The SMILES string of the molecule is CCc1[nH]nc(C(=O)N(C)C(C)CCSC)c1N. The number of thioether (sulfide) groups is 1. The van der Waals surface area contributed by atoms with Crippen molar-refractivity contribution in [2.75, 3.05) is 24.8 Å². The Balaban J connectivity index is 2.76. The van der Waals surface area contributed by atoms with E-state index in [2.05, 4.69) is 16.5 Å². The number of hydrogen-bond acceptors (Lipinski definition) is 4. The highest BCUT2D eigenvalue weighted by molar-refractivity contribution is 7.98. The number of nitrogen functional groups attached to an aromatic ring is 1. The molecule has 1 aromatic heterocycles. The van der Waals surface area contributed by atoms with Gasteiger partial charge in [0.1, 0.15) is 0 Å². The number of hydrogen-bond donors (Lipinski definition) is 2. The Morgan fingerprint density at radius 3 is 2.78 bits per heavy atom. The summed E-state index contributed by atoms with van der Waals surface area (Å²) in [5.41, 5.74) is 7.55. The van der Waals surface area contributed by atoms with Crippen molar-refractivity contribution in [1.29, 1.82) is 0 Å². The molecule has 6 heteroatoms. The molecule has 1 heterocycles. The number of anilines is 1. The Hall–Kier alpha value is -1.17. The van der Waals surface area contributed by atoms with E-state index < -0.39 is 0 Å². The molecule has 3 N–H and O–H groups in total. The Morgan fingerprint density at radius 2 is 2.28 bits per heavy atom. The van der Waals surface area contributed by atoms with E-state index in [1.54, 1.807) is 23.7 Å². The summed E-state index contributed by atoms with van der Waals surface area (Å²) in [7, 11) is 1.80. The topological polar surface area (TPSA) is 75.0 Å². The molecular weight excluding hydrogens is 248 g/mol. The molecule has 0 aromatic carbocycles. The first kappa shape index (κ1) is 14.9. The van der Waals surface area contributed by atoms with Crippen LogP contribution in [0.2, 0.25) is 0 Å². The molecule has 0 radical (unpaired) electrons. The van der Waals surface area contributed by atoms with Gasteiger partial charge in [-0.3, -0.25) is 9.89 Å². The molecule has 0 aliphatic carbocycles. The van der Waals surface area contributed by atoms with Crippen molar-refractivity contribution in [2.45, 2.75) is 32.7 Å². The predicted molar refractivity (Wildman–Crippen MR) is 76.9 cm³/mol. The number of aromatic amines is 1. The molecule has 1 amide bonds. The molecule has 1 atom stereocenters. The lowest BCUT2D eigenvalue weighted by atomic mass is 10.2. The Morgan fingerprint density at radius 1 is 1.61 bits per heavy atom. The molecule has 1 unspecified atom stereocenters. The third-order valence-electron chi connectivity index (χ3n) is 3.16. The molecule has 102 valence electrons. The van der Waals surface area contributed by atoms with E-state index in [0.717, 1.165) is 24.3 Å². The molecule has 18 heavy (non-hydrogen) atoms. The summed E-state index contributed by atoms with van der Waals surface area (Å²) in [5, 5.41) is 6.84. The maximum absolute atomic E-state index is 12.3. The molecule has 0 aliphatic rings. The van der Waals surface area contributed by atoms with Gasteiger partial charge in [0.15, 0.2) is 5.69 Å². The predicted octanol–water partition coefficient (Wildman–Crippen LogP) is 1.77. The highest BCUT2D eigenvalue weighted by Crippen LogP contribution is 2.17. The van der Waals surface area contributed by atoms with Gasteiger partial charge in [-0.15, -0.1) is 0 Å². The van der Waals surface area contributed by atoms with E-state index in [-0.39, 0.29) is 11.9 Å².